The molecule has 0 aliphatic heterocycles. The number of rotatable bonds is 7. The number of halogens is 1. The van der Waals surface area contributed by atoms with Crippen LogP contribution in [0.1, 0.15) is 22.4 Å². The average molecular weight is 421 g/mol. The number of ether oxygens (including phenoxy) is 2. The van der Waals surface area contributed by atoms with Gasteiger partial charge in [-0.2, -0.15) is 0 Å². The Morgan fingerprint density at radius 1 is 1.32 bits per heavy atom. The van der Waals surface area contributed by atoms with E-state index in [2.05, 4.69) is 0 Å². The summed E-state index contributed by atoms with van der Waals surface area (Å²) < 4.78 is 25.8. The van der Waals surface area contributed by atoms with Gasteiger partial charge in [0.2, 0.25) is 0 Å². The second-order valence-electron chi connectivity index (χ2n) is 6.64. The van der Waals surface area contributed by atoms with Crippen molar-refractivity contribution in [3.8, 4) is 5.75 Å². The van der Waals surface area contributed by atoms with E-state index in [4.69, 9.17) is 14.5 Å². The van der Waals surface area contributed by atoms with Crippen molar-refractivity contribution in [2.45, 2.75) is 36.7 Å². The molecule has 0 atom stereocenters. The minimum atomic E-state index is -0.393. The van der Waals surface area contributed by atoms with Gasteiger partial charge < -0.3 is 9.47 Å². The van der Waals surface area contributed by atoms with Crippen LogP contribution >= 0.6 is 23.1 Å². The maximum atomic E-state index is 14.0. The Labute approximate surface area is 170 Å². The predicted octanol–water partition coefficient (Wildman–Crippen LogP) is 4.03. The van der Waals surface area contributed by atoms with Crippen molar-refractivity contribution in [3.63, 3.8) is 0 Å². The number of fused-ring (bicyclic) bond motifs is 3. The monoisotopic (exact) mass is 420 g/mol. The minimum Gasteiger partial charge on any atom is -0.494 e. The van der Waals surface area contributed by atoms with Crippen LogP contribution in [0.15, 0.2) is 28.2 Å². The van der Waals surface area contributed by atoms with Gasteiger partial charge >= 0.3 is 0 Å². The highest BCUT2D eigenvalue weighted by Gasteiger charge is 2.23. The van der Waals surface area contributed by atoms with E-state index in [1.165, 1.54) is 35.4 Å². The lowest BCUT2D eigenvalue weighted by molar-refractivity contribution is 0.183. The molecule has 0 radical (unpaired) electrons. The molecule has 0 N–H and O–H groups in total. The highest BCUT2D eigenvalue weighted by Crippen LogP contribution is 2.36. The molecule has 28 heavy (non-hydrogen) atoms. The van der Waals surface area contributed by atoms with Gasteiger partial charge in [0, 0.05) is 17.7 Å². The van der Waals surface area contributed by atoms with E-state index in [1.54, 1.807) is 29.1 Å². The Balaban J connectivity index is 1.69. The molecule has 1 aliphatic rings. The van der Waals surface area contributed by atoms with E-state index in [1.807, 2.05) is 6.07 Å². The van der Waals surface area contributed by atoms with E-state index in [9.17, 15) is 9.18 Å². The van der Waals surface area contributed by atoms with Crippen LogP contribution in [0.2, 0.25) is 0 Å². The number of hydrogen-bond acceptors (Lipinski definition) is 6. The number of thiophene rings is 1. The molecule has 4 rings (SSSR count). The summed E-state index contributed by atoms with van der Waals surface area (Å²) in [5.74, 6) is 0.338. The fourth-order valence-electron chi connectivity index (χ4n) is 3.50. The summed E-state index contributed by atoms with van der Waals surface area (Å²) in [5, 5.41) is 1.42. The molecule has 0 bridgehead atoms. The van der Waals surface area contributed by atoms with Crippen molar-refractivity contribution in [1.29, 1.82) is 0 Å². The average Bonchev–Trinajstić information content (AvgIpc) is 3.26. The molecular weight excluding hydrogens is 399 g/mol. The first-order valence-electron chi connectivity index (χ1n) is 9.11. The number of thioether (sulfide) groups is 1. The van der Waals surface area contributed by atoms with Crippen molar-refractivity contribution in [3.05, 3.63) is 50.4 Å². The third kappa shape index (κ3) is 3.56. The summed E-state index contributed by atoms with van der Waals surface area (Å²) in [6.45, 7) is 0.881. The molecule has 8 heteroatoms. The number of aromatic nitrogens is 2. The number of hydrogen-bond donors (Lipinski definition) is 0. The van der Waals surface area contributed by atoms with Crippen molar-refractivity contribution in [1.82, 2.24) is 9.55 Å². The second-order valence-corrected chi connectivity index (χ2v) is 8.67. The fraction of sp³-hybridized carbons (Fsp3) is 0.400. The first-order chi connectivity index (χ1) is 13.6. The Kier molecular flexibility index (Phi) is 5.70. The molecule has 3 aromatic rings. The first-order valence-corrected chi connectivity index (χ1v) is 10.9. The van der Waals surface area contributed by atoms with Crippen molar-refractivity contribution >= 4 is 33.3 Å². The summed E-state index contributed by atoms with van der Waals surface area (Å²) in [7, 11) is 3.06. The Hall–Kier alpha value is -1.90. The minimum absolute atomic E-state index is 0.00450. The maximum absolute atomic E-state index is 14.0. The molecule has 0 spiro atoms. The van der Waals surface area contributed by atoms with Crippen LogP contribution in [-0.2, 0) is 29.9 Å². The van der Waals surface area contributed by atoms with Gasteiger partial charge in [-0.25, -0.2) is 9.37 Å². The van der Waals surface area contributed by atoms with E-state index < -0.39 is 5.82 Å². The van der Waals surface area contributed by atoms with Crippen LogP contribution in [0.3, 0.4) is 0 Å². The lowest BCUT2D eigenvalue weighted by Crippen LogP contribution is -2.25. The van der Waals surface area contributed by atoms with Crippen LogP contribution in [0.5, 0.6) is 5.75 Å². The molecule has 1 aliphatic carbocycles. The highest BCUT2D eigenvalue weighted by atomic mass is 32.2. The molecule has 5 nitrogen and oxygen atoms in total. The molecule has 148 valence electrons. The molecule has 1 aromatic carbocycles. The van der Waals surface area contributed by atoms with Crippen molar-refractivity contribution in [2.75, 3.05) is 20.8 Å². The van der Waals surface area contributed by atoms with Crippen LogP contribution in [0, 0.1) is 5.82 Å². The van der Waals surface area contributed by atoms with Crippen LogP contribution in [-0.4, -0.2) is 30.4 Å². The Morgan fingerprint density at radius 2 is 2.18 bits per heavy atom. The van der Waals surface area contributed by atoms with E-state index in [0.29, 0.717) is 24.1 Å². The normalized spacial score (nSPS) is 13.2. The summed E-state index contributed by atoms with van der Waals surface area (Å²) in [5.41, 5.74) is 1.99. The predicted molar refractivity (Wildman–Crippen MR) is 110 cm³/mol. The largest absolute Gasteiger partial charge is 0.494 e. The topological polar surface area (TPSA) is 53.4 Å². The van der Waals surface area contributed by atoms with Crippen LogP contribution in [0.25, 0.3) is 10.2 Å². The van der Waals surface area contributed by atoms with Gasteiger partial charge in [-0.1, -0.05) is 17.8 Å². The van der Waals surface area contributed by atoms with Gasteiger partial charge in [-0.05, 0) is 42.5 Å². The summed E-state index contributed by atoms with van der Waals surface area (Å²) in [6.07, 6.45) is 3.09. The molecule has 0 unspecified atom stereocenters. The Bertz CT molecular complexity index is 1080. The lowest BCUT2D eigenvalue weighted by Gasteiger charge is -2.12. The van der Waals surface area contributed by atoms with Crippen LogP contribution < -0.4 is 10.3 Å². The lowest BCUT2D eigenvalue weighted by atomic mass is 10.2. The zero-order valence-electron chi connectivity index (χ0n) is 15.8. The van der Waals surface area contributed by atoms with Gasteiger partial charge in [0.05, 0.1) is 25.6 Å². The van der Waals surface area contributed by atoms with Crippen molar-refractivity contribution in [2.24, 2.45) is 0 Å². The molecule has 2 heterocycles. The van der Waals surface area contributed by atoms with Gasteiger partial charge in [0.1, 0.15) is 4.83 Å². The first kappa shape index (κ1) is 19.4. The summed E-state index contributed by atoms with van der Waals surface area (Å²) in [4.78, 5) is 20.1. The third-order valence-electron chi connectivity index (χ3n) is 4.89. The SMILES string of the molecule is COCCn1c(SCc2ccc(OC)c(F)c2)nc2sc3c(c2c1=O)CCC3. The Morgan fingerprint density at radius 3 is 2.93 bits per heavy atom. The second kappa shape index (κ2) is 8.23. The third-order valence-corrected chi connectivity index (χ3v) is 7.13. The van der Waals surface area contributed by atoms with Crippen molar-refractivity contribution < 1.29 is 13.9 Å². The number of methoxy groups -OCH3 is 2. The van der Waals surface area contributed by atoms with Gasteiger partial charge in [-0.15, -0.1) is 11.3 Å². The molecular formula is C20H21FN2O3S2. The van der Waals surface area contributed by atoms with Crippen LogP contribution in [0.4, 0.5) is 4.39 Å². The zero-order valence-corrected chi connectivity index (χ0v) is 17.4. The number of nitrogens with zero attached hydrogens (tertiary/aromatic N) is 2. The standard InChI is InChI=1S/C20H21FN2O3S2/c1-25-9-8-23-19(24)17-13-4-3-5-16(13)28-18(17)22-20(23)27-11-12-6-7-15(26-2)14(21)10-12/h6-7,10H,3-5,8-9,11H2,1-2H3. The number of benzene rings is 1. The molecule has 0 fully saturated rings. The summed E-state index contributed by atoms with van der Waals surface area (Å²) in [6, 6.07) is 4.90. The van der Waals surface area contributed by atoms with E-state index in [0.717, 1.165) is 35.0 Å². The van der Waals surface area contributed by atoms with Gasteiger partial charge in [0.15, 0.2) is 16.7 Å². The molecule has 2 aromatic heterocycles. The highest BCUT2D eigenvalue weighted by molar-refractivity contribution is 7.98. The van der Waals surface area contributed by atoms with E-state index >= 15 is 0 Å². The van der Waals surface area contributed by atoms with Gasteiger partial charge in [0.25, 0.3) is 5.56 Å². The number of aryl methyl sites for hydroxylation is 2. The van der Waals surface area contributed by atoms with Gasteiger partial charge in [-0.3, -0.25) is 9.36 Å². The summed E-state index contributed by atoms with van der Waals surface area (Å²) >= 11 is 3.07. The smallest absolute Gasteiger partial charge is 0.263 e. The van der Waals surface area contributed by atoms with E-state index in [-0.39, 0.29) is 11.3 Å². The fourth-order valence-corrected chi connectivity index (χ4v) is 5.77. The molecule has 0 saturated carbocycles. The quantitative estimate of drug-likeness (QED) is 0.427. The zero-order chi connectivity index (χ0) is 19.7. The molecule has 0 amide bonds. The maximum Gasteiger partial charge on any atom is 0.263 e. The molecule has 0 saturated heterocycles.